The summed E-state index contributed by atoms with van der Waals surface area (Å²) in [5, 5.41) is 0. The van der Waals surface area contributed by atoms with E-state index in [9.17, 15) is 13.2 Å². The predicted molar refractivity (Wildman–Crippen MR) is 84.8 cm³/mol. The van der Waals surface area contributed by atoms with Crippen molar-refractivity contribution >= 4 is 31.7 Å². The highest BCUT2D eigenvalue weighted by Gasteiger charge is 2.41. The van der Waals surface area contributed by atoms with Crippen LogP contribution in [-0.4, -0.2) is 42.8 Å². The largest absolute Gasteiger partial charge is 0.335 e. The van der Waals surface area contributed by atoms with Gasteiger partial charge >= 0.3 is 0 Å². The second-order valence-corrected chi connectivity index (χ2v) is 9.04. The molecule has 0 N–H and O–H groups in total. The number of benzene rings is 1. The first-order valence-corrected chi connectivity index (χ1v) is 9.82. The number of sulfone groups is 1. The second kappa shape index (κ2) is 5.72. The lowest BCUT2D eigenvalue weighted by molar-refractivity contribution is -0.133. The van der Waals surface area contributed by atoms with Gasteiger partial charge in [-0.1, -0.05) is 28.1 Å². The highest BCUT2D eigenvalue weighted by molar-refractivity contribution is 9.10. The highest BCUT2D eigenvalue weighted by Crippen LogP contribution is 2.32. The van der Waals surface area contributed by atoms with Gasteiger partial charge in [0.2, 0.25) is 5.91 Å². The van der Waals surface area contributed by atoms with Crippen LogP contribution in [0.25, 0.3) is 0 Å². The van der Waals surface area contributed by atoms with Gasteiger partial charge in [0, 0.05) is 16.6 Å². The van der Waals surface area contributed by atoms with Crippen LogP contribution in [0.5, 0.6) is 0 Å². The smallest absolute Gasteiger partial charge is 0.227 e. The van der Waals surface area contributed by atoms with Crippen molar-refractivity contribution in [3.8, 4) is 0 Å². The molecule has 1 heterocycles. The van der Waals surface area contributed by atoms with Crippen LogP contribution in [0.15, 0.2) is 28.7 Å². The van der Waals surface area contributed by atoms with Crippen LogP contribution in [0, 0.1) is 0 Å². The fourth-order valence-corrected chi connectivity index (χ4v) is 4.90. The predicted octanol–water partition coefficient (Wildman–Crippen LogP) is 2.17. The maximum atomic E-state index is 12.6. The monoisotopic (exact) mass is 371 g/mol. The summed E-state index contributed by atoms with van der Waals surface area (Å²) in [5.41, 5.74) is 0.967. The standard InChI is InChI=1S/C15H18BrNO3S/c16-12-3-1-11(2-4-12)9-15(18)17(13-5-6-13)14-7-8-21(19,20)10-14/h1-4,13-14H,5-10H2. The number of rotatable bonds is 4. The lowest BCUT2D eigenvalue weighted by Crippen LogP contribution is -2.43. The molecule has 1 atom stereocenters. The van der Waals surface area contributed by atoms with Gasteiger partial charge in [-0.05, 0) is 37.0 Å². The summed E-state index contributed by atoms with van der Waals surface area (Å²) < 4.78 is 24.3. The average molecular weight is 372 g/mol. The second-order valence-electron chi connectivity index (χ2n) is 5.89. The van der Waals surface area contributed by atoms with Crippen molar-refractivity contribution in [2.75, 3.05) is 11.5 Å². The molecule has 1 aromatic rings. The molecule has 0 radical (unpaired) electrons. The number of hydrogen-bond acceptors (Lipinski definition) is 3. The number of carbonyl (C=O) groups is 1. The van der Waals surface area contributed by atoms with Gasteiger partial charge in [0.1, 0.15) is 0 Å². The van der Waals surface area contributed by atoms with Crippen molar-refractivity contribution in [1.29, 1.82) is 0 Å². The normalized spacial score (nSPS) is 24.0. The van der Waals surface area contributed by atoms with Crippen LogP contribution >= 0.6 is 15.9 Å². The molecular formula is C15H18BrNO3S. The fourth-order valence-electron chi connectivity index (χ4n) is 2.92. The maximum Gasteiger partial charge on any atom is 0.227 e. The van der Waals surface area contributed by atoms with E-state index in [0.29, 0.717) is 12.8 Å². The molecule has 0 spiro atoms. The third-order valence-electron chi connectivity index (χ3n) is 4.10. The number of carbonyl (C=O) groups excluding carboxylic acids is 1. The van der Waals surface area contributed by atoms with E-state index in [4.69, 9.17) is 0 Å². The molecule has 114 valence electrons. The summed E-state index contributed by atoms with van der Waals surface area (Å²) in [4.78, 5) is 14.5. The molecule has 6 heteroatoms. The Bertz CT molecular complexity index is 637. The molecule has 2 aliphatic rings. The van der Waals surface area contributed by atoms with Gasteiger partial charge in [-0.2, -0.15) is 0 Å². The lowest BCUT2D eigenvalue weighted by Gasteiger charge is -2.28. The van der Waals surface area contributed by atoms with Crippen molar-refractivity contribution in [3.63, 3.8) is 0 Å². The van der Waals surface area contributed by atoms with E-state index in [1.165, 1.54) is 0 Å². The Hall–Kier alpha value is -0.880. The van der Waals surface area contributed by atoms with Gasteiger partial charge in [0.15, 0.2) is 9.84 Å². The minimum absolute atomic E-state index is 0.0573. The maximum absolute atomic E-state index is 12.6. The SMILES string of the molecule is O=C(Cc1ccc(Br)cc1)N(C1CC1)C1CCS(=O)(=O)C1. The van der Waals surface area contributed by atoms with Crippen LogP contribution < -0.4 is 0 Å². The van der Waals surface area contributed by atoms with Gasteiger partial charge in [-0.3, -0.25) is 4.79 Å². The molecule has 2 fully saturated rings. The van der Waals surface area contributed by atoms with Crippen LogP contribution in [0.1, 0.15) is 24.8 Å². The molecular weight excluding hydrogens is 354 g/mol. The third-order valence-corrected chi connectivity index (χ3v) is 6.38. The first kappa shape index (κ1) is 15.0. The number of nitrogens with zero attached hydrogens (tertiary/aromatic N) is 1. The molecule has 0 bridgehead atoms. The molecule has 21 heavy (non-hydrogen) atoms. The van der Waals surface area contributed by atoms with Crippen LogP contribution in [0.2, 0.25) is 0 Å². The third kappa shape index (κ3) is 3.66. The van der Waals surface area contributed by atoms with E-state index < -0.39 is 9.84 Å². The first-order valence-electron chi connectivity index (χ1n) is 7.21. The molecule has 4 nitrogen and oxygen atoms in total. The Labute approximate surface area is 133 Å². The summed E-state index contributed by atoms with van der Waals surface area (Å²) in [6.07, 6.45) is 2.94. The summed E-state index contributed by atoms with van der Waals surface area (Å²) >= 11 is 3.38. The number of amides is 1. The number of hydrogen-bond donors (Lipinski definition) is 0. The summed E-state index contributed by atoms with van der Waals surface area (Å²) in [6, 6.07) is 7.84. The summed E-state index contributed by atoms with van der Waals surface area (Å²) in [5.74, 6) is 0.407. The fraction of sp³-hybridized carbons (Fsp3) is 0.533. The molecule has 1 amide bonds. The zero-order valence-corrected chi connectivity index (χ0v) is 14.1. The molecule has 1 aromatic carbocycles. The van der Waals surface area contributed by atoms with E-state index in [-0.39, 0.29) is 29.5 Å². The van der Waals surface area contributed by atoms with Crippen LogP contribution in [0.3, 0.4) is 0 Å². The van der Waals surface area contributed by atoms with Gasteiger partial charge in [-0.15, -0.1) is 0 Å². The number of halogens is 1. The Balaban J connectivity index is 1.72. The Morgan fingerprint density at radius 3 is 2.33 bits per heavy atom. The van der Waals surface area contributed by atoms with Gasteiger partial charge in [-0.25, -0.2) is 8.42 Å². The van der Waals surface area contributed by atoms with Crippen molar-refractivity contribution in [3.05, 3.63) is 34.3 Å². The summed E-state index contributed by atoms with van der Waals surface area (Å²) in [7, 11) is -2.96. The van der Waals surface area contributed by atoms with E-state index in [0.717, 1.165) is 22.9 Å². The van der Waals surface area contributed by atoms with Crippen molar-refractivity contribution < 1.29 is 13.2 Å². The Morgan fingerprint density at radius 1 is 1.14 bits per heavy atom. The molecule has 1 aliphatic heterocycles. The van der Waals surface area contributed by atoms with Gasteiger partial charge in [0.05, 0.1) is 17.9 Å². The lowest BCUT2D eigenvalue weighted by atomic mass is 10.1. The molecule has 1 aliphatic carbocycles. The molecule has 1 unspecified atom stereocenters. The van der Waals surface area contributed by atoms with Crippen molar-refractivity contribution in [2.45, 2.75) is 37.8 Å². The minimum Gasteiger partial charge on any atom is -0.335 e. The van der Waals surface area contributed by atoms with E-state index in [1.54, 1.807) is 0 Å². The van der Waals surface area contributed by atoms with Crippen molar-refractivity contribution in [1.82, 2.24) is 4.90 Å². The Morgan fingerprint density at radius 2 is 1.81 bits per heavy atom. The highest BCUT2D eigenvalue weighted by atomic mass is 79.9. The zero-order valence-electron chi connectivity index (χ0n) is 11.7. The van der Waals surface area contributed by atoms with Crippen molar-refractivity contribution in [2.24, 2.45) is 0 Å². The van der Waals surface area contributed by atoms with Gasteiger partial charge < -0.3 is 4.90 Å². The average Bonchev–Trinajstić information content (AvgIpc) is 3.17. The molecule has 0 aromatic heterocycles. The molecule has 1 saturated heterocycles. The topological polar surface area (TPSA) is 54.5 Å². The quantitative estimate of drug-likeness (QED) is 0.814. The molecule has 3 rings (SSSR count). The first-order chi connectivity index (χ1) is 9.94. The Kier molecular flexibility index (Phi) is 4.10. The zero-order chi connectivity index (χ0) is 15.0. The van der Waals surface area contributed by atoms with E-state index in [1.807, 2.05) is 29.2 Å². The van der Waals surface area contributed by atoms with E-state index >= 15 is 0 Å². The van der Waals surface area contributed by atoms with E-state index in [2.05, 4.69) is 15.9 Å². The van der Waals surface area contributed by atoms with Crippen LogP contribution in [-0.2, 0) is 21.1 Å². The van der Waals surface area contributed by atoms with Crippen LogP contribution in [0.4, 0.5) is 0 Å². The minimum atomic E-state index is -2.96. The molecule has 1 saturated carbocycles. The van der Waals surface area contributed by atoms with Gasteiger partial charge in [0.25, 0.3) is 0 Å². The summed E-state index contributed by atoms with van der Waals surface area (Å²) in [6.45, 7) is 0.